The Balaban J connectivity index is 2.36. The maximum absolute atomic E-state index is 12.4. The Hall–Kier alpha value is -2.22. The summed E-state index contributed by atoms with van der Waals surface area (Å²) in [5, 5.41) is 4.15. The van der Waals surface area contributed by atoms with Crippen LogP contribution in [0.15, 0.2) is 30.6 Å². The summed E-state index contributed by atoms with van der Waals surface area (Å²) in [6, 6.07) is 3.99. The maximum Gasteiger partial charge on any atom is 0.573 e. The van der Waals surface area contributed by atoms with Gasteiger partial charge in [0.25, 0.3) is 0 Å². The molecule has 2 N–H and O–H groups in total. The molecule has 0 aliphatic heterocycles. The molecule has 0 saturated heterocycles. The molecule has 1 aromatic heterocycles. The van der Waals surface area contributed by atoms with Crippen LogP contribution in [0.1, 0.15) is 13.8 Å². The van der Waals surface area contributed by atoms with Crippen LogP contribution in [0.25, 0.3) is 11.1 Å². The van der Waals surface area contributed by atoms with Crippen molar-refractivity contribution in [2.24, 2.45) is 5.73 Å². The van der Waals surface area contributed by atoms with Crippen molar-refractivity contribution >= 4 is 0 Å². The van der Waals surface area contributed by atoms with Crippen LogP contribution in [-0.4, -0.2) is 28.8 Å². The third kappa shape index (κ3) is 4.88. The van der Waals surface area contributed by atoms with Crippen molar-refractivity contribution in [1.29, 1.82) is 0 Å². The molecule has 1 aromatic carbocycles. The maximum atomic E-state index is 12.4. The molecule has 0 atom stereocenters. The number of hydrogen-bond donors (Lipinski definition) is 1. The molecule has 0 unspecified atom stereocenters. The fourth-order valence-corrected chi connectivity index (χ4v) is 2.05. The van der Waals surface area contributed by atoms with Crippen molar-refractivity contribution < 1.29 is 22.6 Å². The minimum atomic E-state index is -4.75. The highest BCUT2D eigenvalue weighted by Crippen LogP contribution is 2.35. The van der Waals surface area contributed by atoms with E-state index in [1.54, 1.807) is 30.9 Å². The van der Waals surface area contributed by atoms with Crippen LogP contribution in [0.4, 0.5) is 13.2 Å². The second-order valence-electron chi connectivity index (χ2n) is 5.15. The SMILES string of the molecule is CC(C)Oc1cc(OC(F)(F)F)ccc1-c1cnn(CCN)c1. The lowest BCUT2D eigenvalue weighted by molar-refractivity contribution is -0.274. The van der Waals surface area contributed by atoms with E-state index in [1.807, 2.05) is 0 Å². The van der Waals surface area contributed by atoms with Gasteiger partial charge in [-0.1, -0.05) is 0 Å². The Bertz CT molecular complexity index is 654. The summed E-state index contributed by atoms with van der Waals surface area (Å²) in [6.45, 7) is 4.57. The van der Waals surface area contributed by atoms with Crippen LogP contribution < -0.4 is 15.2 Å². The van der Waals surface area contributed by atoms with Gasteiger partial charge in [-0.3, -0.25) is 4.68 Å². The van der Waals surface area contributed by atoms with Gasteiger partial charge in [0.05, 0.1) is 18.8 Å². The van der Waals surface area contributed by atoms with E-state index >= 15 is 0 Å². The van der Waals surface area contributed by atoms with Gasteiger partial charge in [0.15, 0.2) is 0 Å². The number of halogens is 3. The Kier molecular flexibility index (Phi) is 5.15. The van der Waals surface area contributed by atoms with E-state index in [2.05, 4.69) is 9.84 Å². The highest BCUT2D eigenvalue weighted by Gasteiger charge is 2.31. The van der Waals surface area contributed by atoms with Gasteiger partial charge in [0.2, 0.25) is 0 Å². The molecule has 0 spiro atoms. The smallest absolute Gasteiger partial charge is 0.490 e. The largest absolute Gasteiger partial charge is 0.573 e. The quantitative estimate of drug-likeness (QED) is 0.884. The zero-order chi connectivity index (χ0) is 17.0. The number of rotatable bonds is 6. The molecule has 1 heterocycles. The average Bonchev–Trinajstić information content (AvgIpc) is 2.85. The number of nitrogens with two attached hydrogens (primary N) is 1. The monoisotopic (exact) mass is 329 g/mol. The van der Waals surface area contributed by atoms with E-state index in [4.69, 9.17) is 10.5 Å². The third-order valence-corrected chi connectivity index (χ3v) is 2.85. The van der Waals surface area contributed by atoms with Crippen molar-refractivity contribution in [3.63, 3.8) is 0 Å². The minimum absolute atomic E-state index is 0.200. The first-order valence-corrected chi connectivity index (χ1v) is 7.08. The average molecular weight is 329 g/mol. The predicted molar refractivity (Wildman–Crippen MR) is 79.2 cm³/mol. The number of ether oxygens (including phenoxy) is 2. The molecule has 0 bridgehead atoms. The highest BCUT2D eigenvalue weighted by molar-refractivity contribution is 5.70. The van der Waals surface area contributed by atoms with Gasteiger partial charge >= 0.3 is 6.36 Å². The lowest BCUT2D eigenvalue weighted by Crippen LogP contribution is -2.17. The van der Waals surface area contributed by atoms with Crippen LogP contribution in [0.5, 0.6) is 11.5 Å². The molecule has 0 aliphatic rings. The van der Waals surface area contributed by atoms with Gasteiger partial charge < -0.3 is 15.2 Å². The summed E-state index contributed by atoms with van der Waals surface area (Å²) in [4.78, 5) is 0. The lowest BCUT2D eigenvalue weighted by atomic mass is 10.1. The van der Waals surface area contributed by atoms with Gasteiger partial charge in [0.1, 0.15) is 11.5 Å². The van der Waals surface area contributed by atoms with Gasteiger partial charge in [-0.15, -0.1) is 13.2 Å². The van der Waals surface area contributed by atoms with E-state index < -0.39 is 6.36 Å². The van der Waals surface area contributed by atoms with Crippen molar-refractivity contribution in [3.05, 3.63) is 30.6 Å². The summed E-state index contributed by atoms with van der Waals surface area (Å²) < 4.78 is 48.3. The molecule has 23 heavy (non-hydrogen) atoms. The van der Waals surface area contributed by atoms with Gasteiger partial charge in [-0.05, 0) is 26.0 Å². The summed E-state index contributed by atoms with van der Waals surface area (Å²) in [7, 11) is 0. The fourth-order valence-electron chi connectivity index (χ4n) is 2.05. The first-order valence-electron chi connectivity index (χ1n) is 7.08. The molecule has 0 fully saturated rings. The minimum Gasteiger partial charge on any atom is -0.490 e. The Morgan fingerprint density at radius 2 is 2.04 bits per heavy atom. The van der Waals surface area contributed by atoms with Gasteiger partial charge in [-0.25, -0.2) is 0 Å². The molecule has 126 valence electrons. The van der Waals surface area contributed by atoms with Crippen LogP contribution in [0.3, 0.4) is 0 Å². The highest BCUT2D eigenvalue weighted by atomic mass is 19.4. The molecule has 5 nitrogen and oxygen atoms in total. The zero-order valence-electron chi connectivity index (χ0n) is 12.8. The second-order valence-corrected chi connectivity index (χ2v) is 5.15. The topological polar surface area (TPSA) is 62.3 Å². The molecule has 2 aromatic rings. The van der Waals surface area contributed by atoms with E-state index in [0.717, 1.165) is 5.56 Å². The molecular weight excluding hydrogens is 311 g/mol. The summed E-state index contributed by atoms with van der Waals surface area (Å²) >= 11 is 0. The summed E-state index contributed by atoms with van der Waals surface area (Å²) in [5.41, 5.74) is 6.84. The van der Waals surface area contributed by atoms with E-state index in [0.29, 0.717) is 24.4 Å². The van der Waals surface area contributed by atoms with E-state index in [9.17, 15) is 13.2 Å². The van der Waals surface area contributed by atoms with Crippen LogP contribution in [0.2, 0.25) is 0 Å². The number of alkyl halides is 3. The predicted octanol–water partition coefficient (Wildman–Crippen LogP) is 3.19. The molecule has 0 radical (unpaired) electrons. The zero-order valence-corrected chi connectivity index (χ0v) is 12.8. The Morgan fingerprint density at radius 3 is 2.65 bits per heavy atom. The Morgan fingerprint density at radius 1 is 1.30 bits per heavy atom. The molecule has 0 saturated carbocycles. The first kappa shape index (κ1) is 17.1. The summed E-state index contributed by atoms with van der Waals surface area (Å²) in [5.74, 6) is -0.0275. The molecule has 0 aliphatic carbocycles. The number of hydrogen-bond acceptors (Lipinski definition) is 4. The lowest BCUT2D eigenvalue weighted by Gasteiger charge is -2.16. The fraction of sp³-hybridized carbons (Fsp3) is 0.400. The molecule has 2 rings (SSSR count). The summed E-state index contributed by atoms with van der Waals surface area (Å²) in [6.07, 6.45) is -1.57. The van der Waals surface area contributed by atoms with Crippen LogP contribution in [0, 0.1) is 0 Å². The van der Waals surface area contributed by atoms with Crippen molar-refractivity contribution in [2.75, 3.05) is 6.54 Å². The van der Waals surface area contributed by atoms with Crippen molar-refractivity contribution in [3.8, 4) is 22.6 Å². The molecule has 0 amide bonds. The number of benzene rings is 1. The van der Waals surface area contributed by atoms with Crippen molar-refractivity contribution in [1.82, 2.24) is 9.78 Å². The molecular formula is C15H18F3N3O2. The van der Waals surface area contributed by atoms with Crippen molar-refractivity contribution in [2.45, 2.75) is 32.9 Å². The van der Waals surface area contributed by atoms with Gasteiger partial charge in [-0.2, -0.15) is 5.10 Å². The second kappa shape index (κ2) is 6.91. The van der Waals surface area contributed by atoms with Crippen LogP contribution >= 0.6 is 0 Å². The third-order valence-electron chi connectivity index (χ3n) is 2.85. The normalized spacial score (nSPS) is 11.8. The van der Waals surface area contributed by atoms with Crippen LogP contribution in [-0.2, 0) is 6.54 Å². The van der Waals surface area contributed by atoms with E-state index in [-0.39, 0.29) is 11.9 Å². The number of aromatic nitrogens is 2. The standard InChI is InChI=1S/C15H18F3N3O2/c1-10(2)22-14-7-12(23-15(16,17)18)3-4-13(14)11-8-20-21(9-11)6-5-19/h3-4,7-10H,5-6,19H2,1-2H3. The Labute approximate surface area is 131 Å². The first-order chi connectivity index (χ1) is 10.8. The molecule has 8 heteroatoms. The number of nitrogens with zero attached hydrogens (tertiary/aromatic N) is 2. The van der Waals surface area contributed by atoms with E-state index in [1.165, 1.54) is 18.2 Å². The van der Waals surface area contributed by atoms with Gasteiger partial charge in [0, 0.05) is 29.9 Å².